The van der Waals surface area contributed by atoms with Gasteiger partial charge in [0, 0.05) is 5.69 Å². The van der Waals surface area contributed by atoms with Gasteiger partial charge in [-0.15, -0.1) is 0 Å². The molecular weight excluding hydrogens is 222 g/mol. The van der Waals surface area contributed by atoms with Gasteiger partial charge in [-0.3, -0.25) is 5.41 Å². The van der Waals surface area contributed by atoms with E-state index in [1.807, 2.05) is 0 Å². The van der Waals surface area contributed by atoms with Gasteiger partial charge in [-0.2, -0.15) is 10.5 Å². The summed E-state index contributed by atoms with van der Waals surface area (Å²) in [6, 6.07) is 4.81. The van der Waals surface area contributed by atoms with Gasteiger partial charge in [0.05, 0.1) is 0 Å². The zero-order valence-corrected chi connectivity index (χ0v) is 9.27. The number of nitrogens with zero attached hydrogens (tertiary/aromatic N) is 2. The second-order valence-corrected chi connectivity index (χ2v) is 4.05. The highest BCUT2D eigenvalue weighted by Gasteiger charge is 2.37. The summed E-state index contributed by atoms with van der Waals surface area (Å²) in [4.78, 5) is 0. The van der Waals surface area contributed by atoms with E-state index >= 15 is 0 Å². The first kappa shape index (κ1) is 11.3. The largest absolute Gasteiger partial charge is 0.488 e. The van der Waals surface area contributed by atoms with Crippen molar-refractivity contribution in [2.24, 2.45) is 5.22 Å². The lowest BCUT2D eigenvalue weighted by Gasteiger charge is -2.24. The Morgan fingerprint density at radius 2 is 2.29 bits per heavy atom. The summed E-state index contributed by atoms with van der Waals surface area (Å²) in [5.41, 5.74) is 12.1. The quantitative estimate of drug-likeness (QED) is 0.431. The Morgan fingerprint density at radius 1 is 1.59 bits per heavy atom. The molecule has 1 atom stereocenters. The molecule has 17 heavy (non-hydrogen) atoms. The minimum absolute atomic E-state index is 0.0746. The maximum Gasteiger partial charge on any atom is 0.159 e. The first-order valence-electron chi connectivity index (χ1n) is 4.97. The van der Waals surface area contributed by atoms with Gasteiger partial charge in [-0.05, 0) is 25.1 Å². The van der Waals surface area contributed by atoms with Gasteiger partial charge in [0.25, 0.3) is 0 Å². The molecule has 0 aromatic heterocycles. The number of rotatable bonds is 1. The fraction of sp³-hybridized carbons (Fsp3) is 0.300. The van der Waals surface area contributed by atoms with Crippen LogP contribution < -0.4 is 15.5 Å². The van der Waals surface area contributed by atoms with Crippen LogP contribution in [0.1, 0.15) is 6.92 Å². The van der Waals surface area contributed by atoms with Gasteiger partial charge >= 0.3 is 0 Å². The summed E-state index contributed by atoms with van der Waals surface area (Å²) < 4.78 is 5.39. The number of hydrogen-bond donors (Lipinski definition) is 4. The van der Waals surface area contributed by atoms with E-state index in [0.29, 0.717) is 17.1 Å². The number of nitrogens with one attached hydrogen (secondary N) is 2. The number of ether oxygens (including phenoxy) is 1. The highest BCUT2D eigenvalue weighted by Crippen LogP contribution is 2.35. The van der Waals surface area contributed by atoms with Crippen LogP contribution in [0.5, 0.6) is 5.75 Å². The summed E-state index contributed by atoms with van der Waals surface area (Å²) in [7, 11) is 0. The summed E-state index contributed by atoms with van der Waals surface area (Å²) in [5.74, 6) is 0.203. The van der Waals surface area contributed by atoms with Crippen molar-refractivity contribution in [2.75, 3.05) is 17.3 Å². The zero-order chi connectivity index (χ0) is 12.6. The number of nitrogen functional groups attached to an aromatic ring is 1. The SMILES string of the molecule is CC1(O)COc2ccc(N)cc2N(N=N)C1=N. The molecule has 0 amide bonds. The Hall–Kier alpha value is -2.15. The fourth-order valence-corrected chi connectivity index (χ4v) is 1.56. The van der Waals surface area contributed by atoms with E-state index in [9.17, 15) is 5.11 Å². The third-order valence-electron chi connectivity index (χ3n) is 2.54. The molecule has 0 saturated carbocycles. The lowest BCUT2D eigenvalue weighted by molar-refractivity contribution is 0.0726. The molecule has 1 aliphatic rings. The third kappa shape index (κ3) is 1.80. The van der Waals surface area contributed by atoms with E-state index in [-0.39, 0.29) is 12.4 Å². The molecule has 7 nitrogen and oxygen atoms in total. The number of benzene rings is 1. The second kappa shape index (κ2) is 3.70. The van der Waals surface area contributed by atoms with Crippen LogP contribution in [-0.4, -0.2) is 23.2 Å². The van der Waals surface area contributed by atoms with Crippen molar-refractivity contribution >= 4 is 17.2 Å². The molecule has 0 fully saturated rings. The van der Waals surface area contributed by atoms with Gasteiger partial charge in [-0.1, -0.05) is 5.22 Å². The number of amidine groups is 1. The molecule has 5 N–H and O–H groups in total. The fourth-order valence-electron chi connectivity index (χ4n) is 1.56. The van der Waals surface area contributed by atoms with E-state index in [1.54, 1.807) is 18.2 Å². The van der Waals surface area contributed by atoms with Gasteiger partial charge in [-0.25, -0.2) is 0 Å². The van der Waals surface area contributed by atoms with E-state index in [2.05, 4.69) is 5.22 Å². The second-order valence-electron chi connectivity index (χ2n) is 4.05. The smallest absolute Gasteiger partial charge is 0.159 e. The first-order valence-corrected chi connectivity index (χ1v) is 4.97. The average Bonchev–Trinajstić information content (AvgIpc) is 2.36. The number of anilines is 2. The third-order valence-corrected chi connectivity index (χ3v) is 2.54. The van der Waals surface area contributed by atoms with Gasteiger partial charge in [0.15, 0.2) is 11.4 Å². The van der Waals surface area contributed by atoms with Crippen molar-refractivity contribution in [3.8, 4) is 5.75 Å². The molecule has 0 bridgehead atoms. The lowest BCUT2D eigenvalue weighted by atomic mass is 10.1. The zero-order valence-electron chi connectivity index (χ0n) is 9.27. The molecule has 1 aromatic carbocycles. The molecule has 1 aromatic rings. The molecule has 0 spiro atoms. The molecule has 2 rings (SSSR count). The van der Waals surface area contributed by atoms with Gasteiger partial charge < -0.3 is 15.6 Å². The maximum atomic E-state index is 10.0. The lowest BCUT2D eigenvalue weighted by Crippen LogP contribution is -2.46. The van der Waals surface area contributed by atoms with Crippen molar-refractivity contribution in [1.29, 1.82) is 10.9 Å². The molecule has 1 aliphatic heterocycles. The Morgan fingerprint density at radius 3 is 2.94 bits per heavy atom. The number of hydrogen-bond acceptors (Lipinski definition) is 6. The molecule has 1 heterocycles. The Kier molecular flexibility index (Phi) is 2.47. The maximum absolute atomic E-state index is 10.0. The number of nitrogens with two attached hydrogens (primary N) is 1. The van der Waals surface area contributed by atoms with Gasteiger partial charge in [0.2, 0.25) is 0 Å². The van der Waals surface area contributed by atoms with Crippen molar-refractivity contribution in [1.82, 2.24) is 0 Å². The highest BCUT2D eigenvalue weighted by atomic mass is 16.5. The van der Waals surface area contributed by atoms with E-state index in [1.165, 1.54) is 6.92 Å². The minimum Gasteiger partial charge on any atom is -0.488 e. The summed E-state index contributed by atoms with van der Waals surface area (Å²) in [6.07, 6.45) is 0. The van der Waals surface area contributed by atoms with Crippen LogP contribution in [0.25, 0.3) is 0 Å². The Labute approximate surface area is 97.8 Å². The Bertz CT molecular complexity index is 486. The van der Waals surface area contributed by atoms with Crippen molar-refractivity contribution < 1.29 is 9.84 Å². The molecule has 0 radical (unpaired) electrons. The molecule has 0 aliphatic carbocycles. The normalized spacial score (nSPS) is 23.6. The monoisotopic (exact) mass is 235 g/mol. The van der Waals surface area contributed by atoms with E-state index in [0.717, 1.165) is 5.01 Å². The predicted octanol–water partition coefficient (Wildman–Crippen LogP) is 1.14. The van der Waals surface area contributed by atoms with Crippen LogP contribution >= 0.6 is 0 Å². The van der Waals surface area contributed by atoms with Crippen LogP contribution in [-0.2, 0) is 0 Å². The van der Waals surface area contributed by atoms with Crippen LogP contribution in [0.15, 0.2) is 23.4 Å². The van der Waals surface area contributed by atoms with Crippen LogP contribution in [0.4, 0.5) is 11.4 Å². The van der Waals surface area contributed by atoms with Crippen LogP contribution in [0.3, 0.4) is 0 Å². The molecule has 1 unspecified atom stereocenters. The topological polar surface area (TPSA) is 119 Å². The standard InChI is InChI=1S/C10H13N5O2/c1-10(16)5-17-8-3-2-6(11)4-7(8)15(14-13)9(10)12/h2-4,12-13,16H,5,11H2,1H3. The van der Waals surface area contributed by atoms with E-state index < -0.39 is 5.60 Å². The molecular formula is C10H13N5O2. The van der Waals surface area contributed by atoms with Crippen LogP contribution in [0, 0.1) is 10.9 Å². The van der Waals surface area contributed by atoms with E-state index in [4.69, 9.17) is 21.4 Å². The predicted molar refractivity (Wildman–Crippen MR) is 62.3 cm³/mol. The minimum atomic E-state index is -1.50. The molecule has 90 valence electrons. The van der Waals surface area contributed by atoms with Crippen molar-refractivity contribution in [3.63, 3.8) is 0 Å². The highest BCUT2D eigenvalue weighted by molar-refractivity contribution is 6.02. The first-order chi connectivity index (χ1) is 7.95. The summed E-state index contributed by atoms with van der Waals surface area (Å²) in [5, 5.41) is 22.1. The molecule has 0 saturated heterocycles. The van der Waals surface area contributed by atoms with Gasteiger partial charge in [0.1, 0.15) is 18.0 Å². The Balaban J connectivity index is 2.57. The molecule has 7 heteroatoms. The number of fused-ring (bicyclic) bond motifs is 1. The summed E-state index contributed by atoms with van der Waals surface area (Å²) in [6.45, 7) is 1.36. The average molecular weight is 235 g/mol. The van der Waals surface area contributed by atoms with Crippen LogP contribution in [0.2, 0.25) is 0 Å². The summed E-state index contributed by atoms with van der Waals surface area (Å²) >= 11 is 0. The van der Waals surface area contributed by atoms with Crippen molar-refractivity contribution in [2.45, 2.75) is 12.5 Å². The number of aliphatic hydroxyl groups is 1. The van der Waals surface area contributed by atoms with Crippen molar-refractivity contribution in [3.05, 3.63) is 18.2 Å².